The van der Waals surface area contributed by atoms with E-state index in [1.165, 1.54) is 27.7 Å². The zero-order chi connectivity index (χ0) is 20.4. The first-order valence-corrected chi connectivity index (χ1v) is 11.0. The van der Waals surface area contributed by atoms with E-state index in [4.69, 9.17) is 0 Å². The first-order valence-electron chi connectivity index (χ1n) is 8.92. The summed E-state index contributed by atoms with van der Waals surface area (Å²) in [6.45, 7) is 5.61. The van der Waals surface area contributed by atoms with E-state index in [-0.39, 0.29) is 24.1 Å². The molecule has 0 saturated carbocycles. The molecule has 0 unspecified atom stereocenters. The number of benzene rings is 1. The topological polar surface area (TPSA) is 86.0 Å². The number of nitrogens with zero attached hydrogens (tertiary/aromatic N) is 3. The number of carbonyl (C=O) groups is 1. The van der Waals surface area contributed by atoms with Crippen LogP contribution >= 0.6 is 23.1 Å². The van der Waals surface area contributed by atoms with Gasteiger partial charge >= 0.3 is 5.69 Å². The molecular weight excluding hydrogens is 396 g/mol. The third-order valence-corrected chi connectivity index (χ3v) is 6.47. The molecule has 0 aliphatic carbocycles. The van der Waals surface area contributed by atoms with Crippen LogP contribution in [-0.2, 0) is 11.3 Å². The second kappa shape index (κ2) is 8.32. The normalized spacial score (nSPS) is 12.3. The van der Waals surface area contributed by atoms with E-state index < -0.39 is 11.2 Å². The van der Waals surface area contributed by atoms with Crippen molar-refractivity contribution in [2.75, 3.05) is 6.26 Å². The highest BCUT2D eigenvalue weighted by atomic mass is 32.2. The highest BCUT2D eigenvalue weighted by Gasteiger charge is 2.20. The summed E-state index contributed by atoms with van der Waals surface area (Å²) in [5.74, 6) is -0.287. The van der Waals surface area contributed by atoms with Crippen molar-refractivity contribution in [3.63, 3.8) is 0 Å². The Hall–Kier alpha value is -2.39. The van der Waals surface area contributed by atoms with Crippen LogP contribution in [0.25, 0.3) is 16.0 Å². The van der Waals surface area contributed by atoms with E-state index in [1.54, 1.807) is 12.1 Å². The minimum Gasteiger partial charge on any atom is -0.352 e. The number of hydrogen-bond donors (Lipinski definition) is 1. The molecule has 1 amide bonds. The molecule has 0 fully saturated rings. The summed E-state index contributed by atoms with van der Waals surface area (Å²) in [5.41, 5.74) is 0.761. The molecule has 28 heavy (non-hydrogen) atoms. The molecule has 7 nitrogen and oxygen atoms in total. The Balaban J connectivity index is 2.22. The van der Waals surface area contributed by atoms with Crippen LogP contribution in [-0.4, -0.2) is 32.3 Å². The maximum atomic E-state index is 13.2. The number of aromatic nitrogens is 3. The van der Waals surface area contributed by atoms with Crippen LogP contribution in [0.1, 0.15) is 25.8 Å². The van der Waals surface area contributed by atoms with Crippen molar-refractivity contribution in [1.82, 2.24) is 19.4 Å². The number of aryl methyl sites for hydroxylation is 1. The molecule has 0 aliphatic heterocycles. The molecule has 2 heterocycles. The lowest BCUT2D eigenvalue weighted by Crippen LogP contribution is -2.43. The van der Waals surface area contributed by atoms with Crippen LogP contribution in [0.4, 0.5) is 0 Å². The lowest BCUT2D eigenvalue weighted by Gasteiger charge is -2.14. The van der Waals surface area contributed by atoms with E-state index in [1.807, 2.05) is 39.2 Å². The summed E-state index contributed by atoms with van der Waals surface area (Å²) in [4.78, 5) is 43.1. The minimum absolute atomic E-state index is 0.00103. The van der Waals surface area contributed by atoms with Gasteiger partial charge in [-0.1, -0.05) is 36.4 Å². The predicted octanol–water partition coefficient (Wildman–Crippen LogP) is 2.55. The van der Waals surface area contributed by atoms with Gasteiger partial charge in [-0.05, 0) is 38.7 Å². The Morgan fingerprint density at radius 1 is 1.29 bits per heavy atom. The van der Waals surface area contributed by atoms with Gasteiger partial charge in [0.15, 0.2) is 9.99 Å². The molecule has 0 radical (unpaired) electrons. The van der Waals surface area contributed by atoms with Gasteiger partial charge in [0.1, 0.15) is 11.2 Å². The summed E-state index contributed by atoms with van der Waals surface area (Å²) in [6, 6.07) is 7.13. The number of nitrogens with one attached hydrogen (secondary N) is 1. The largest absolute Gasteiger partial charge is 0.352 e. The highest BCUT2D eigenvalue weighted by Crippen LogP contribution is 2.25. The maximum absolute atomic E-state index is 13.2. The standard InChI is InChI=1S/C19H22N4O3S2/c1-5-12(3)20-14(24)10-22-16-15(28-18(21-16)27-4)17(25)23(19(22)26)13-8-6-11(2)7-9-13/h6-9,12H,5,10H2,1-4H3,(H,20,24)/t12-/m1/s1. The van der Waals surface area contributed by atoms with Gasteiger partial charge in [-0.25, -0.2) is 14.3 Å². The molecule has 0 saturated heterocycles. The van der Waals surface area contributed by atoms with Crippen LogP contribution in [0.3, 0.4) is 0 Å². The first-order chi connectivity index (χ1) is 13.3. The molecule has 3 rings (SSSR count). The number of carbonyl (C=O) groups excluding carboxylic acids is 1. The smallest absolute Gasteiger partial charge is 0.337 e. The van der Waals surface area contributed by atoms with Gasteiger partial charge in [-0.15, -0.1) is 11.3 Å². The van der Waals surface area contributed by atoms with Crippen molar-refractivity contribution in [2.45, 2.75) is 44.1 Å². The van der Waals surface area contributed by atoms with Crippen LogP contribution in [0.15, 0.2) is 38.2 Å². The van der Waals surface area contributed by atoms with Gasteiger partial charge in [-0.3, -0.25) is 14.2 Å². The van der Waals surface area contributed by atoms with E-state index in [0.717, 1.165) is 16.6 Å². The van der Waals surface area contributed by atoms with E-state index in [9.17, 15) is 14.4 Å². The molecule has 148 valence electrons. The molecule has 0 spiro atoms. The van der Waals surface area contributed by atoms with Gasteiger partial charge in [0.25, 0.3) is 5.56 Å². The first kappa shape index (κ1) is 20.3. The van der Waals surface area contributed by atoms with Gasteiger partial charge in [0.05, 0.1) is 5.69 Å². The Morgan fingerprint density at radius 2 is 1.96 bits per heavy atom. The lowest BCUT2D eigenvalue weighted by atomic mass is 10.2. The van der Waals surface area contributed by atoms with Crippen LogP contribution in [0.5, 0.6) is 0 Å². The van der Waals surface area contributed by atoms with Crippen LogP contribution in [0, 0.1) is 6.92 Å². The molecule has 1 N–H and O–H groups in total. The Bertz CT molecular complexity index is 1130. The summed E-state index contributed by atoms with van der Waals surface area (Å²) < 4.78 is 3.43. The zero-order valence-electron chi connectivity index (χ0n) is 16.2. The molecule has 2 aromatic heterocycles. The van der Waals surface area contributed by atoms with Crippen LogP contribution < -0.4 is 16.6 Å². The average molecular weight is 419 g/mol. The predicted molar refractivity (Wildman–Crippen MR) is 114 cm³/mol. The van der Waals surface area contributed by atoms with Gasteiger partial charge in [0, 0.05) is 6.04 Å². The summed E-state index contributed by atoms with van der Waals surface area (Å²) in [7, 11) is 0. The maximum Gasteiger partial charge on any atom is 0.337 e. The van der Waals surface area contributed by atoms with Gasteiger partial charge < -0.3 is 5.32 Å². The minimum atomic E-state index is -0.571. The Kier molecular flexibility index (Phi) is 6.04. The average Bonchev–Trinajstić information content (AvgIpc) is 3.11. The quantitative estimate of drug-likeness (QED) is 0.622. The fraction of sp³-hybridized carbons (Fsp3) is 0.368. The van der Waals surface area contributed by atoms with E-state index >= 15 is 0 Å². The number of fused-ring (bicyclic) bond motifs is 1. The number of thiazole rings is 1. The third kappa shape index (κ3) is 3.90. The second-order valence-corrected chi connectivity index (χ2v) is 8.61. The number of thioether (sulfide) groups is 1. The summed E-state index contributed by atoms with van der Waals surface area (Å²) >= 11 is 2.63. The molecule has 1 atom stereocenters. The molecule has 1 aromatic carbocycles. The SMILES string of the molecule is CC[C@@H](C)NC(=O)Cn1c(=O)n(-c2ccc(C)cc2)c(=O)c2sc(SC)nc21. The van der Waals surface area contributed by atoms with Gasteiger partial charge in [-0.2, -0.15) is 0 Å². The zero-order valence-corrected chi connectivity index (χ0v) is 17.8. The van der Waals surface area contributed by atoms with E-state index in [2.05, 4.69) is 10.3 Å². The van der Waals surface area contributed by atoms with Crippen molar-refractivity contribution < 1.29 is 4.79 Å². The summed E-state index contributed by atoms with van der Waals surface area (Å²) in [5, 5.41) is 2.86. The van der Waals surface area contributed by atoms with Crippen molar-refractivity contribution in [3.8, 4) is 5.69 Å². The molecule has 3 aromatic rings. The van der Waals surface area contributed by atoms with Crippen molar-refractivity contribution in [2.24, 2.45) is 0 Å². The second-order valence-electron chi connectivity index (χ2n) is 6.56. The van der Waals surface area contributed by atoms with Crippen molar-refractivity contribution in [3.05, 3.63) is 50.7 Å². The fourth-order valence-electron chi connectivity index (χ4n) is 2.73. The number of rotatable bonds is 6. The Labute approximate surface area is 170 Å². The highest BCUT2D eigenvalue weighted by molar-refractivity contribution is 8.00. The fourth-order valence-corrected chi connectivity index (χ4v) is 4.23. The lowest BCUT2D eigenvalue weighted by molar-refractivity contribution is -0.122. The molecule has 9 heteroatoms. The summed E-state index contributed by atoms with van der Waals surface area (Å²) in [6.07, 6.45) is 2.64. The van der Waals surface area contributed by atoms with Crippen molar-refractivity contribution in [1.29, 1.82) is 0 Å². The van der Waals surface area contributed by atoms with Crippen LogP contribution in [0.2, 0.25) is 0 Å². The van der Waals surface area contributed by atoms with Gasteiger partial charge in [0.2, 0.25) is 5.91 Å². The van der Waals surface area contributed by atoms with E-state index in [0.29, 0.717) is 14.7 Å². The Morgan fingerprint density at radius 3 is 2.57 bits per heavy atom. The number of amides is 1. The van der Waals surface area contributed by atoms with Crippen molar-refractivity contribution >= 4 is 39.4 Å². The third-order valence-electron chi connectivity index (χ3n) is 4.45. The molecule has 0 aliphatic rings. The number of hydrogen-bond acceptors (Lipinski definition) is 6. The molecule has 0 bridgehead atoms. The monoisotopic (exact) mass is 418 g/mol. The molecular formula is C19H22N4O3S2.